The third-order valence-electron chi connectivity index (χ3n) is 3.71. The predicted octanol–water partition coefficient (Wildman–Crippen LogP) is 2.84. The van der Waals surface area contributed by atoms with Crippen LogP contribution in [0.4, 0.5) is 0 Å². The Labute approximate surface area is 165 Å². The zero-order chi connectivity index (χ0) is 19.9. The molecule has 0 radical (unpaired) electrons. The Morgan fingerprint density at radius 1 is 1.25 bits per heavy atom. The molecular formula is C20H14N4O3S. The van der Waals surface area contributed by atoms with E-state index >= 15 is 0 Å². The van der Waals surface area contributed by atoms with Gasteiger partial charge in [0.15, 0.2) is 5.17 Å². The second-order valence-corrected chi connectivity index (χ2v) is 6.55. The smallest absolute Gasteiger partial charge is 0.331 e. The monoisotopic (exact) mass is 390 g/mol. The lowest BCUT2D eigenvalue weighted by Crippen LogP contribution is -2.19. The number of benzene rings is 2. The number of carbonyl (C=O) groups is 2. The molecule has 1 fully saturated rings. The van der Waals surface area contributed by atoms with Crippen molar-refractivity contribution in [1.82, 2.24) is 5.32 Å². The SMILES string of the molecule is COC(=O)/C=C1/S/C(=N\N=Cc2ccccc2-c2cccc(C#N)c2)NC1=O. The summed E-state index contributed by atoms with van der Waals surface area (Å²) in [4.78, 5) is 23.2. The molecule has 0 unspecified atom stereocenters. The number of thioether (sulfide) groups is 1. The quantitative estimate of drug-likeness (QED) is 0.374. The fraction of sp³-hybridized carbons (Fsp3) is 0.0500. The summed E-state index contributed by atoms with van der Waals surface area (Å²) in [6.45, 7) is 0. The van der Waals surface area contributed by atoms with E-state index in [1.807, 2.05) is 36.4 Å². The largest absolute Gasteiger partial charge is 0.466 e. The third kappa shape index (κ3) is 4.52. The number of amides is 1. The maximum absolute atomic E-state index is 11.8. The van der Waals surface area contributed by atoms with Gasteiger partial charge in [-0.2, -0.15) is 10.4 Å². The zero-order valence-electron chi connectivity index (χ0n) is 14.7. The summed E-state index contributed by atoms with van der Waals surface area (Å²) in [7, 11) is 1.24. The highest BCUT2D eigenvalue weighted by Gasteiger charge is 2.25. The van der Waals surface area contributed by atoms with Crippen LogP contribution in [0.5, 0.6) is 0 Å². The summed E-state index contributed by atoms with van der Waals surface area (Å²) in [5.74, 6) is -1.05. The molecule has 2 aromatic rings. The summed E-state index contributed by atoms with van der Waals surface area (Å²) in [5.41, 5.74) is 3.17. The lowest BCUT2D eigenvalue weighted by Gasteiger charge is -2.05. The Hall–Kier alpha value is -3.70. The lowest BCUT2D eigenvalue weighted by atomic mass is 9.99. The average Bonchev–Trinajstić information content (AvgIpc) is 3.07. The van der Waals surface area contributed by atoms with E-state index < -0.39 is 11.9 Å². The van der Waals surface area contributed by atoms with Gasteiger partial charge in [0.2, 0.25) is 0 Å². The number of nitriles is 1. The third-order valence-corrected chi connectivity index (χ3v) is 4.61. The first-order valence-corrected chi connectivity index (χ1v) is 8.92. The maximum atomic E-state index is 11.8. The average molecular weight is 390 g/mol. The number of carbonyl (C=O) groups excluding carboxylic acids is 2. The van der Waals surface area contributed by atoms with Crippen molar-refractivity contribution < 1.29 is 14.3 Å². The van der Waals surface area contributed by atoms with Crippen LogP contribution in [0.3, 0.4) is 0 Å². The van der Waals surface area contributed by atoms with Crippen molar-refractivity contribution in [3.63, 3.8) is 0 Å². The minimum atomic E-state index is -0.615. The van der Waals surface area contributed by atoms with Crippen molar-refractivity contribution in [2.24, 2.45) is 10.2 Å². The van der Waals surface area contributed by atoms with Crippen LogP contribution in [0.15, 0.2) is 69.7 Å². The highest BCUT2D eigenvalue weighted by molar-refractivity contribution is 8.18. The van der Waals surface area contributed by atoms with Gasteiger partial charge in [-0.05, 0) is 35.0 Å². The molecule has 28 heavy (non-hydrogen) atoms. The number of methoxy groups -OCH3 is 1. The van der Waals surface area contributed by atoms with Gasteiger partial charge >= 0.3 is 5.97 Å². The highest BCUT2D eigenvalue weighted by atomic mass is 32.2. The summed E-state index contributed by atoms with van der Waals surface area (Å²) >= 11 is 1.00. The molecule has 0 bridgehead atoms. The minimum Gasteiger partial charge on any atom is -0.466 e. The molecule has 8 heteroatoms. The van der Waals surface area contributed by atoms with Crippen molar-refractivity contribution in [3.8, 4) is 17.2 Å². The summed E-state index contributed by atoms with van der Waals surface area (Å²) in [6.07, 6.45) is 2.67. The Balaban J connectivity index is 1.82. The molecule has 1 heterocycles. The van der Waals surface area contributed by atoms with Gasteiger partial charge in [0.1, 0.15) is 0 Å². The molecule has 0 spiro atoms. The molecule has 0 aromatic heterocycles. The van der Waals surface area contributed by atoms with E-state index in [-0.39, 0.29) is 10.1 Å². The van der Waals surface area contributed by atoms with Gasteiger partial charge in [0.25, 0.3) is 5.91 Å². The van der Waals surface area contributed by atoms with Crippen LogP contribution in [0.2, 0.25) is 0 Å². The van der Waals surface area contributed by atoms with Crippen molar-refractivity contribution in [2.45, 2.75) is 0 Å². The topological polar surface area (TPSA) is 104 Å². The standard InChI is InChI=1S/C20H14N4O3S/c1-27-18(25)10-17-19(26)23-20(28-17)24-22-12-15-6-2-3-8-16(15)14-7-4-5-13(9-14)11-21/h2-10,12H,1H3,(H,23,24,26)/b17-10+,22-12?. The first-order valence-electron chi connectivity index (χ1n) is 8.10. The van der Waals surface area contributed by atoms with Crippen molar-refractivity contribution in [2.75, 3.05) is 7.11 Å². The van der Waals surface area contributed by atoms with Crippen molar-refractivity contribution in [1.29, 1.82) is 5.26 Å². The van der Waals surface area contributed by atoms with Crippen LogP contribution in [0.1, 0.15) is 11.1 Å². The highest BCUT2D eigenvalue weighted by Crippen LogP contribution is 2.25. The van der Waals surface area contributed by atoms with E-state index in [0.717, 1.165) is 34.5 Å². The molecule has 1 amide bonds. The number of nitrogens with one attached hydrogen (secondary N) is 1. The number of ether oxygens (including phenoxy) is 1. The molecule has 0 aliphatic carbocycles. The Morgan fingerprint density at radius 3 is 2.86 bits per heavy atom. The van der Waals surface area contributed by atoms with Crippen LogP contribution >= 0.6 is 11.8 Å². The Morgan fingerprint density at radius 2 is 2.07 bits per heavy atom. The van der Waals surface area contributed by atoms with Crippen molar-refractivity contribution in [3.05, 3.63) is 70.6 Å². The Bertz CT molecular complexity index is 1070. The van der Waals surface area contributed by atoms with Crippen LogP contribution in [-0.4, -0.2) is 30.4 Å². The van der Waals surface area contributed by atoms with E-state index in [0.29, 0.717) is 5.56 Å². The molecule has 1 N–H and O–H groups in total. The molecule has 7 nitrogen and oxygen atoms in total. The predicted molar refractivity (Wildman–Crippen MR) is 107 cm³/mol. The van der Waals surface area contributed by atoms with Crippen LogP contribution in [0, 0.1) is 11.3 Å². The number of hydrogen-bond donors (Lipinski definition) is 1. The summed E-state index contributed by atoms with van der Waals surface area (Å²) in [6, 6.07) is 17.0. The molecule has 138 valence electrons. The molecule has 1 aliphatic rings. The fourth-order valence-corrected chi connectivity index (χ4v) is 3.15. The number of hydrogen-bond acceptors (Lipinski definition) is 7. The van der Waals surface area contributed by atoms with Crippen molar-refractivity contribution >= 4 is 35.0 Å². The van der Waals surface area contributed by atoms with Gasteiger partial charge in [-0.3, -0.25) is 10.1 Å². The number of amidine groups is 1. The first-order chi connectivity index (χ1) is 13.6. The summed E-state index contributed by atoms with van der Waals surface area (Å²) < 4.78 is 4.51. The second-order valence-electron chi connectivity index (χ2n) is 5.52. The van der Waals surface area contributed by atoms with Gasteiger partial charge < -0.3 is 4.74 Å². The lowest BCUT2D eigenvalue weighted by molar-refractivity contribution is -0.135. The van der Waals surface area contributed by atoms with Gasteiger partial charge in [0, 0.05) is 11.6 Å². The number of esters is 1. The van der Waals surface area contributed by atoms with E-state index in [2.05, 4.69) is 26.3 Å². The van der Waals surface area contributed by atoms with Gasteiger partial charge in [-0.15, -0.1) is 5.10 Å². The molecule has 2 aromatic carbocycles. The van der Waals surface area contributed by atoms with Crippen LogP contribution in [0.25, 0.3) is 11.1 Å². The van der Waals surface area contributed by atoms with Crippen LogP contribution < -0.4 is 5.32 Å². The Kier molecular flexibility index (Phi) is 5.99. The van der Waals surface area contributed by atoms with Gasteiger partial charge in [0.05, 0.1) is 29.9 Å². The first kappa shape index (κ1) is 19.1. The fourth-order valence-electron chi connectivity index (χ4n) is 2.41. The van der Waals surface area contributed by atoms with Crippen LogP contribution in [-0.2, 0) is 14.3 Å². The van der Waals surface area contributed by atoms with E-state index in [4.69, 9.17) is 5.26 Å². The maximum Gasteiger partial charge on any atom is 0.331 e. The molecule has 1 aliphatic heterocycles. The number of nitrogens with zero attached hydrogens (tertiary/aromatic N) is 3. The van der Waals surface area contributed by atoms with E-state index in [1.165, 1.54) is 7.11 Å². The molecule has 0 atom stereocenters. The summed E-state index contributed by atoms with van der Waals surface area (Å²) in [5, 5.41) is 19.9. The van der Waals surface area contributed by atoms with E-state index in [1.54, 1.807) is 18.3 Å². The second kappa shape index (κ2) is 8.79. The molecule has 1 saturated heterocycles. The van der Waals surface area contributed by atoms with Gasteiger partial charge in [-0.25, -0.2) is 4.79 Å². The molecule has 0 saturated carbocycles. The minimum absolute atomic E-state index is 0.189. The normalized spacial score (nSPS) is 16.4. The molecular weight excluding hydrogens is 376 g/mol. The zero-order valence-corrected chi connectivity index (χ0v) is 15.6. The molecule has 3 rings (SSSR count). The number of rotatable bonds is 4. The van der Waals surface area contributed by atoms with Gasteiger partial charge in [-0.1, -0.05) is 36.4 Å². The van der Waals surface area contributed by atoms with E-state index in [9.17, 15) is 9.59 Å².